The number of rotatable bonds is 9. The summed E-state index contributed by atoms with van der Waals surface area (Å²) < 4.78 is 26.1. The monoisotopic (exact) mass is 484 g/mol. The Morgan fingerprint density at radius 2 is 1.79 bits per heavy atom. The molecule has 1 heterocycles. The third-order valence-electron chi connectivity index (χ3n) is 6.27. The Morgan fingerprint density at radius 1 is 1.12 bits per heavy atom. The van der Waals surface area contributed by atoms with Crippen molar-refractivity contribution in [2.45, 2.75) is 31.8 Å². The number of nitrogens with zero attached hydrogens (tertiary/aromatic N) is 2. The van der Waals surface area contributed by atoms with Gasteiger partial charge in [0.15, 0.2) is 0 Å². The van der Waals surface area contributed by atoms with Crippen molar-refractivity contribution in [3.8, 4) is 12.3 Å². The van der Waals surface area contributed by atoms with Gasteiger partial charge in [-0.2, -0.15) is 4.31 Å². The van der Waals surface area contributed by atoms with Gasteiger partial charge in [0, 0.05) is 25.2 Å². The van der Waals surface area contributed by atoms with Crippen LogP contribution in [0.2, 0.25) is 0 Å². The third-order valence-corrected chi connectivity index (χ3v) is 7.55. The molecule has 1 unspecified atom stereocenters. The van der Waals surface area contributed by atoms with Crippen LogP contribution >= 0.6 is 0 Å². The van der Waals surface area contributed by atoms with Crippen LogP contribution in [0.3, 0.4) is 0 Å². The Bertz CT molecular complexity index is 1170. The lowest BCUT2D eigenvalue weighted by atomic mass is 9.98. The molecule has 0 radical (unpaired) electrons. The maximum Gasteiger partial charge on any atom is 0.240 e. The molecule has 2 aromatic carbocycles. The maximum absolute atomic E-state index is 12.4. The number of piperidine rings is 1. The zero-order chi connectivity index (χ0) is 24.7. The fraction of sp³-hybridized carbons (Fsp3) is 0.440. The molecule has 1 aliphatic heterocycles. The summed E-state index contributed by atoms with van der Waals surface area (Å²) in [5, 5.41) is 7.31. The number of amides is 2. The minimum absolute atomic E-state index is 0.0698. The van der Waals surface area contributed by atoms with Crippen LogP contribution in [0, 0.1) is 12.3 Å². The molecule has 182 valence electrons. The first-order valence-corrected chi connectivity index (χ1v) is 13.2. The molecular weight excluding hydrogens is 452 g/mol. The molecule has 1 atom stereocenters. The first-order valence-electron chi connectivity index (χ1n) is 11.4. The molecule has 1 fully saturated rings. The minimum Gasteiger partial charge on any atom is -0.346 e. The molecule has 34 heavy (non-hydrogen) atoms. The highest BCUT2D eigenvalue weighted by molar-refractivity contribution is 7.88. The van der Waals surface area contributed by atoms with Crippen molar-refractivity contribution in [2.24, 2.45) is 0 Å². The zero-order valence-electron chi connectivity index (χ0n) is 19.7. The number of hydrogen-bond donors (Lipinski definition) is 2. The standard InChI is InChI=1S/C25H32N4O4S/c1-4-13-26-24(30)17-27-25(31)18-29(34(3,32)33)23-11-14-28(15-12-23)19(2)21-10-9-20-7-5-6-8-22(20)16-21/h1,5-10,16,19,23H,11-15,17-18H2,2-3H3,(H,26,30)(H,27,31). The Morgan fingerprint density at radius 3 is 2.44 bits per heavy atom. The number of likely N-dealkylation sites (tertiary alicyclic amines) is 1. The van der Waals surface area contributed by atoms with E-state index in [0.29, 0.717) is 12.8 Å². The zero-order valence-corrected chi connectivity index (χ0v) is 20.5. The van der Waals surface area contributed by atoms with Gasteiger partial charge in [0.2, 0.25) is 21.8 Å². The van der Waals surface area contributed by atoms with Crippen LogP contribution in [-0.4, -0.2) is 74.5 Å². The number of sulfonamides is 1. The van der Waals surface area contributed by atoms with Crippen LogP contribution in [0.25, 0.3) is 10.8 Å². The van der Waals surface area contributed by atoms with Crippen molar-refractivity contribution in [3.05, 3.63) is 48.0 Å². The highest BCUT2D eigenvalue weighted by Gasteiger charge is 2.33. The van der Waals surface area contributed by atoms with E-state index in [1.54, 1.807) is 0 Å². The smallest absolute Gasteiger partial charge is 0.240 e. The summed E-state index contributed by atoms with van der Waals surface area (Å²) in [6.07, 6.45) is 7.45. The van der Waals surface area contributed by atoms with Crippen molar-refractivity contribution in [3.63, 3.8) is 0 Å². The van der Waals surface area contributed by atoms with Crippen LogP contribution in [0.4, 0.5) is 0 Å². The minimum atomic E-state index is -3.60. The summed E-state index contributed by atoms with van der Waals surface area (Å²) in [6.45, 7) is 3.12. The normalized spacial score (nSPS) is 16.2. The fourth-order valence-corrected chi connectivity index (χ4v) is 5.45. The number of nitrogens with one attached hydrogen (secondary N) is 2. The lowest BCUT2D eigenvalue weighted by molar-refractivity contribution is -0.126. The molecule has 1 aliphatic rings. The van der Waals surface area contributed by atoms with Gasteiger partial charge < -0.3 is 10.6 Å². The predicted octanol–water partition coefficient (Wildman–Crippen LogP) is 1.49. The Hall–Kier alpha value is -2.93. The molecule has 0 aliphatic carbocycles. The van der Waals surface area contributed by atoms with Crippen molar-refractivity contribution in [2.75, 3.05) is 39.0 Å². The van der Waals surface area contributed by atoms with E-state index in [9.17, 15) is 18.0 Å². The molecule has 2 aromatic rings. The van der Waals surface area contributed by atoms with Crippen LogP contribution < -0.4 is 10.6 Å². The molecule has 8 nitrogen and oxygen atoms in total. The van der Waals surface area contributed by atoms with Crippen molar-refractivity contribution in [1.29, 1.82) is 0 Å². The Kier molecular flexibility index (Phi) is 8.67. The van der Waals surface area contributed by atoms with Crippen LogP contribution in [0.1, 0.15) is 31.4 Å². The van der Waals surface area contributed by atoms with E-state index < -0.39 is 21.8 Å². The van der Waals surface area contributed by atoms with Gasteiger partial charge in [0.05, 0.1) is 25.9 Å². The van der Waals surface area contributed by atoms with E-state index in [4.69, 9.17) is 6.42 Å². The second-order valence-electron chi connectivity index (χ2n) is 8.62. The molecule has 0 bridgehead atoms. The Labute approximate surface area is 201 Å². The van der Waals surface area contributed by atoms with Gasteiger partial charge >= 0.3 is 0 Å². The fourth-order valence-electron chi connectivity index (χ4n) is 4.35. The average Bonchev–Trinajstić information content (AvgIpc) is 2.83. The molecule has 2 N–H and O–H groups in total. The third kappa shape index (κ3) is 6.79. The van der Waals surface area contributed by atoms with Gasteiger partial charge in [-0.1, -0.05) is 42.3 Å². The lowest BCUT2D eigenvalue weighted by Crippen LogP contribution is -2.51. The summed E-state index contributed by atoms with van der Waals surface area (Å²) in [5.41, 5.74) is 1.22. The summed E-state index contributed by atoms with van der Waals surface area (Å²) in [6, 6.07) is 14.7. The van der Waals surface area contributed by atoms with Gasteiger partial charge in [0.1, 0.15) is 0 Å². The Balaban J connectivity index is 1.58. The molecule has 3 rings (SSSR count). The van der Waals surface area contributed by atoms with Crippen LogP contribution in [0.5, 0.6) is 0 Å². The summed E-state index contributed by atoms with van der Waals surface area (Å²) in [7, 11) is -3.60. The van der Waals surface area contributed by atoms with E-state index >= 15 is 0 Å². The van der Waals surface area contributed by atoms with E-state index in [1.165, 1.54) is 20.6 Å². The van der Waals surface area contributed by atoms with Crippen LogP contribution in [-0.2, 0) is 19.6 Å². The number of benzene rings is 2. The summed E-state index contributed by atoms with van der Waals surface area (Å²) in [4.78, 5) is 26.3. The average molecular weight is 485 g/mol. The van der Waals surface area contributed by atoms with Gasteiger partial charge in [0.25, 0.3) is 0 Å². The summed E-state index contributed by atoms with van der Waals surface area (Å²) in [5.74, 6) is 1.33. The predicted molar refractivity (Wildman–Crippen MR) is 133 cm³/mol. The topological polar surface area (TPSA) is 98.8 Å². The molecule has 2 amide bonds. The maximum atomic E-state index is 12.4. The molecule has 1 saturated heterocycles. The molecule has 0 spiro atoms. The van der Waals surface area contributed by atoms with Crippen molar-refractivity contribution >= 4 is 32.6 Å². The summed E-state index contributed by atoms with van der Waals surface area (Å²) >= 11 is 0. The highest BCUT2D eigenvalue weighted by atomic mass is 32.2. The largest absolute Gasteiger partial charge is 0.346 e. The van der Waals surface area contributed by atoms with Gasteiger partial charge in [-0.25, -0.2) is 8.42 Å². The van der Waals surface area contributed by atoms with E-state index in [2.05, 4.69) is 58.7 Å². The van der Waals surface area contributed by atoms with Gasteiger partial charge in [-0.05, 0) is 42.2 Å². The van der Waals surface area contributed by atoms with E-state index in [1.807, 2.05) is 12.1 Å². The molecule has 0 aromatic heterocycles. The molecular formula is C25H32N4O4S. The van der Waals surface area contributed by atoms with Crippen molar-refractivity contribution < 1.29 is 18.0 Å². The number of terminal acetylenes is 1. The second kappa shape index (κ2) is 11.5. The second-order valence-corrected chi connectivity index (χ2v) is 10.6. The quantitative estimate of drug-likeness (QED) is 0.526. The SMILES string of the molecule is C#CCNC(=O)CNC(=O)CN(C1CCN(C(C)c2ccc3ccccc3c2)CC1)S(C)(=O)=O. The van der Waals surface area contributed by atoms with Gasteiger partial charge in [-0.15, -0.1) is 6.42 Å². The number of carbonyl (C=O) groups is 2. The first kappa shape index (κ1) is 25.7. The molecule has 9 heteroatoms. The molecule has 0 saturated carbocycles. The lowest BCUT2D eigenvalue weighted by Gasteiger charge is -2.39. The highest BCUT2D eigenvalue weighted by Crippen LogP contribution is 2.28. The number of fused-ring (bicyclic) bond motifs is 1. The van der Waals surface area contributed by atoms with Crippen molar-refractivity contribution in [1.82, 2.24) is 19.8 Å². The first-order chi connectivity index (χ1) is 16.2. The van der Waals surface area contributed by atoms with Gasteiger partial charge in [-0.3, -0.25) is 14.5 Å². The van der Waals surface area contributed by atoms with Crippen LogP contribution in [0.15, 0.2) is 42.5 Å². The number of hydrogen-bond acceptors (Lipinski definition) is 5. The van der Waals surface area contributed by atoms with E-state index in [-0.39, 0.29) is 31.7 Å². The number of carbonyl (C=O) groups excluding carboxylic acids is 2. The van der Waals surface area contributed by atoms with E-state index in [0.717, 1.165) is 19.3 Å².